The van der Waals surface area contributed by atoms with Crippen molar-refractivity contribution in [1.29, 1.82) is 0 Å². The summed E-state index contributed by atoms with van der Waals surface area (Å²) >= 11 is 0. The quantitative estimate of drug-likeness (QED) is 0.532. The zero-order valence-electron chi connectivity index (χ0n) is 8.00. The van der Waals surface area contributed by atoms with Crippen molar-refractivity contribution in [3.8, 4) is 0 Å². The summed E-state index contributed by atoms with van der Waals surface area (Å²) in [4.78, 5) is 2.70. The molecule has 4 bridgehead atoms. The summed E-state index contributed by atoms with van der Waals surface area (Å²) in [5.41, 5.74) is 0. The summed E-state index contributed by atoms with van der Waals surface area (Å²) in [6, 6.07) is 1.95. The maximum absolute atomic E-state index is 2.70. The molecule has 2 aliphatic heterocycles. The van der Waals surface area contributed by atoms with E-state index in [1.807, 2.05) is 0 Å². The topological polar surface area (TPSA) is 3.24 Å². The number of fused-ring (bicyclic) bond motifs is 1. The molecule has 0 N–H and O–H groups in total. The van der Waals surface area contributed by atoms with Crippen molar-refractivity contribution in [1.82, 2.24) is 4.90 Å². The lowest BCUT2D eigenvalue weighted by Crippen LogP contribution is -2.58. The minimum absolute atomic E-state index is 0.963. The van der Waals surface area contributed by atoms with Gasteiger partial charge >= 0.3 is 0 Å². The molecule has 2 aliphatic carbocycles. The third-order valence-electron chi connectivity index (χ3n) is 4.68. The van der Waals surface area contributed by atoms with Crippen molar-refractivity contribution in [3.63, 3.8) is 0 Å². The first-order valence-corrected chi connectivity index (χ1v) is 5.58. The first-order valence-electron chi connectivity index (χ1n) is 5.58. The summed E-state index contributed by atoms with van der Waals surface area (Å²) in [5, 5.41) is 0. The lowest BCUT2D eigenvalue weighted by atomic mass is 9.62. The molecule has 0 aromatic heterocycles. The zero-order valence-corrected chi connectivity index (χ0v) is 8.00. The van der Waals surface area contributed by atoms with Crippen LogP contribution in [0.3, 0.4) is 0 Å². The van der Waals surface area contributed by atoms with Crippen LogP contribution in [0.5, 0.6) is 0 Å². The fraction of sp³-hybridized carbons (Fsp3) is 1.00. The van der Waals surface area contributed by atoms with Crippen LogP contribution in [0.2, 0.25) is 0 Å². The number of rotatable bonds is 0. The normalized spacial score (nSPS) is 52.8. The summed E-state index contributed by atoms with van der Waals surface area (Å²) in [6.07, 6.45) is 9.11. The summed E-state index contributed by atoms with van der Waals surface area (Å²) in [7, 11) is 2.36. The molecular weight excluding hydrogens is 146 g/mol. The molecule has 0 radical (unpaired) electrons. The molecule has 68 valence electrons. The Labute approximate surface area is 75.1 Å². The van der Waals surface area contributed by atoms with E-state index in [1.54, 1.807) is 12.8 Å². The maximum atomic E-state index is 2.70. The van der Waals surface area contributed by atoms with Gasteiger partial charge in [0, 0.05) is 12.1 Å². The maximum Gasteiger partial charge on any atom is 0.0126 e. The molecule has 2 saturated carbocycles. The van der Waals surface area contributed by atoms with Gasteiger partial charge in [0.1, 0.15) is 0 Å². The molecule has 0 aromatic carbocycles. The lowest BCUT2D eigenvalue weighted by Gasteiger charge is -2.56. The molecule has 12 heavy (non-hydrogen) atoms. The van der Waals surface area contributed by atoms with Gasteiger partial charge in [-0.3, -0.25) is 0 Å². The Hall–Kier alpha value is -0.0400. The Balaban J connectivity index is 1.91. The fourth-order valence-electron chi connectivity index (χ4n) is 4.05. The second-order valence-corrected chi connectivity index (χ2v) is 5.05. The van der Waals surface area contributed by atoms with E-state index in [2.05, 4.69) is 11.9 Å². The van der Waals surface area contributed by atoms with E-state index in [4.69, 9.17) is 0 Å². The van der Waals surface area contributed by atoms with Gasteiger partial charge in [0.15, 0.2) is 0 Å². The van der Waals surface area contributed by atoms with Gasteiger partial charge in [-0.05, 0) is 44.6 Å². The van der Waals surface area contributed by atoms with Gasteiger partial charge in [0.2, 0.25) is 0 Å². The zero-order chi connectivity index (χ0) is 8.13. The smallest absolute Gasteiger partial charge is 0.0126 e. The molecule has 0 spiro atoms. The van der Waals surface area contributed by atoms with E-state index in [1.165, 1.54) is 25.7 Å². The fourth-order valence-corrected chi connectivity index (χ4v) is 4.05. The van der Waals surface area contributed by atoms with Crippen molar-refractivity contribution in [2.24, 2.45) is 11.8 Å². The van der Waals surface area contributed by atoms with Gasteiger partial charge < -0.3 is 4.90 Å². The molecule has 4 atom stereocenters. The first kappa shape index (κ1) is 7.37. The van der Waals surface area contributed by atoms with Crippen LogP contribution in [0.25, 0.3) is 0 Å². The second-order valence-electron chi connectivity index (χ2n) is 5.05. The van der Waals surface area contributed by atoms with Crippen LogP contribution in [0.1, 0.15) is 38.5 Å². The highest BCUT2D eigenvalue weighted by molar-refractivity contribution is 5.00. The Morgan fingerprint density at radius 3 is 2.83 bits per heavy atom. The monoisotopic (exact) mass is 165 g/mol. The van der Waals surface area contributed by atoms with E-state index in [0.29, 0.717) is 0 Å². The molecule has 4 fully saturated rings. The van der Waals surface area contributed by atoms with E-state index in [-0.39, 0.29) is 0 Å². The van der Waals surface area contributed by atoms with Crippen molar-refractivity contribution in [2.45, 2.75) is 50.6 Å². The number of hydrogen-bond acceptors (Lipinski definition) is 1. The van der Waals surface area contributed by atoms with Gasteiger partial charge in [-0.2, -0.15) is 0 Å². The third kappa shape index (κ3) is 0.834. The van der Waals surface area contributed by atoms with Gasteiger partial charge in [-0.1, -0.05) is 12.8 Å². The average molecular weight is 165 g/mol. The van der Waals surface area contributed by atoms with E-state index in [9.17, 15) is 0 Å². The molecule has 2 saturated heterocycles. The van der Waals surface area contributed by atoms with Gasteiger partial charge in [-0.15, -0.1) is 0 Å². The molecule has 4 rings (SSSR count). The predicted molar refractivity (Wildman–Crippen MR) is 50.0 cm³/mol. The lowest BCUT2D eigenvalue weighted by molar-refractivity contribution is -0.0599. The first-order chi connectivity index (χ1) is 5.86. The molecule has 1 nitrogen and oxygen atoms in total. The highest BCUT2D eigenvalue weighted by Gasteiger charge is 2.46. The Kier molecular flexibility index (Phi) is 1.52. The Bertz CT molecular complexity index is 181. The van der Waals surface area contributed by atoms with Crippen LogP contribution >= 0.6 is 0 Å². The minimum Gasteiger partial charge on any atom is -0.300 e. The molecule has 2 heterocycles. The summed E-state index contributed by atoms with van der Waals surface area (Å²) in [6.45, 7) is 0. The highest BCUT2D eigenvalue weighted by Crippen LogP contribution is 2.48. The van der Waals surface area contributed by atoms with Gasteiger partial charge in [-0.25, -0.2) is 0 Å². The highest BCUT2D eigenvalue weighted by atomic mass is 15.2. The molecule has 4 aliphatic rings. The third-order valence-corrected chi connectivity index (χ3v) is 4.68. The number of hydrogen-bond donors (Lipinski definition) is 0. The molecule has 1 heteroatoms. The SMILES string of the molecule is CN1C2CCC3C(CCCC31)C2. The van der Waals surface area contributed by atoms with Crippen LogP contribution < -0.4 is 0 Å². The molecular formula is C11H19N. The van der Waals surface area contributed by atoms with Crippen molar-refractivity contribution in [2.75, 3.05) is 7.05 Å². The van der Waals surface area contributed by atoms with Gasteiger partial charge in [0.25, 0.3) is 0 Å². The molecule has 0 aromatic rings. The van der Waals surface area contributed by atoms with Crippen LogP contribution in [0, 0.1) is 11.8 Å². The molecule has 4 unspecified atom stereocenters. The summed E-state index contributed by atoms with van der Waals surface area (Å²) < 4.78 is 0. The van der Waals surface area contributed by atoms with Crippen molar-refractivity contribution >= 4 is 0 Å². The Morgan fingerprint density at radius 1 is 1.08 bits per heavy atom. The molecule has 0 amide bonds. The second kappa shape index (κ2) is 2.47. The van der Waals surface area contributed by atoms with Crippen LogP contribution in [-0.4, -0.2) is 24.0 Å². The number of piperidine rings is 2. The van der Waals surface area contributed by atoms with Gasteiger partial charge in [0.05, 0.1) is 0 Å². The van der Waals surface area contributed by atoms with E-state index in [0.717, 1.165) is 23.9 Å². The van der Waals surface area contributed by atoms with Crippen LogP contribution in [-0.2, 0) is 0 Å². The van der Waals surface area contributed by atoms with Crippen LogP contribution in [0.15, 0.2) is 0 Å². The van der Waals surface area contributed by atoms with Crippen molar-refractivity contribution < 1.29 is 0 Å². The van der Waals surface area contributed by atoms with E-state index >= 15 is 0 Å². The van der Waals surface area contributed by atoms with Crippen molar-refractivity contribution in [3.05, 3.63) is 0 Å². The standard InChI is InChI=1S/C11H19N/c1-12-9-5-6-10-8(7-9)3-2-4-11(10)12/h8-11H,2-7H2,1H3. The Morgan fingerprint density at radius 2 is 2.00 bits per heavy atom. The minimum atomic E-state index is 0.963. The van der Waals surface area contributed by atoms with E-state index < -0.39 is 0 Å². The predicted octanol–water partition coefficient (Wildman–Crippen LogP) is 2.27. The van der Waals surface area contributed by atoms with Crippen LogP contribution in [0.4, 0.5) is 0 Å². The summed E-state index contributed by atoms with van der Waals surface area (Å²) in [5.74, 6) is 2.22. The largest absolute Gasteiger partial charge is 0.300 e. The average Bonchev–Trinajstić information content (AvgIpc) is 2.13. The number of nitrogens with zero attached hydrogens (tertiary/aromatic N) is 1.